The summed E-state index contributed by atoms with van der Waals surface area (Å²) < 4.78 is 1.96. The minimum absolute atomic E-state index is 0.00296. The molecule has 0 aliphatic carbocycles. The van der Waals surface area contributed by atoms with Gasteiger partial charge in [0.2, 0.25) is 0 Å². The van der Waals surface area contributed by atoms with Gasteiger partial charge in [-0.1, -0.05) is 32.1 Å². The van der Waals surface area contributed by atoms with Crippen LogP contribution < -0.4 is 5.32 Å². The highest BCUT2D eigenvalue weighted by molar-refractivity contribution is 7.16. The molecule has 3 heterocycles. The maximum Gasteiger partial charge on any atom is 0.263 e. The van der Waals surface area contributed by atoms with Gasteiger partial charge in [0.1, 0.15) is 4.88 Å². The molecule has 2 aromatic heterocycles. The van der Waals surface area contributed by atoms with E-state index in [9.17, 15) is 4.79 Å². The van der Waals surface area contributed by atoms with Crippen LogP contribution in [0.4, 0.5) is 0 Å². The number of thiazole rings is 1. The summed E-state index contributed by atoms with van der Waals surface area (Å²) in [5.41, 5.74) is 0.882. The molecular weight excluding hydrogens is 346 g/mol. The van der Waals surface area contributed by atoms with Crippen LogP contribution >= 0.6 is 11.3 Å². The summed E-state index contributed by atoms with van der Waals surface area (Å²) in [5.74, 6) is 0.218. The smallest absolute Gasteiger partial charge is 0.263 e. The summed E-state index contributed by atoms with van der Waals surface area (Å²) in [6.07, 6.45) is 3.92. The molecular formula is C19H29N5OS. The molecule has 0 unspecified atom stereocenters. The number of aromatic nitrogens is 2. The van der Waals surface area contributed by atoms with E-state index in [1.165, 1.54) is 11.3 Å². The van der Waals surface area contributed by atoms with Gasteiger partial charge < -0.3 is 14.8 Å². The summed E-state index contributed by atoms with van der Waals surface area (Å²) in [7, 11) is 0. The highest BCUT2D eigenvalue weighted by Gasteiger charge is 2.21. The van der Waals surface area contributed by atoms with E-state index in [0.29, 0.717) is 6.54 Å². The third-order valence-electron chi connectivity index (χ3n) is 4.85. The van der Waals surface area contributed by atoms with Crippen LogP contribution in [0.5, 0.6) is 0 Å². The first-order valence-electron chi connectivity index (χ1n) is 9.45. The van der Waals surface area contributed by atoms with Crippen molar-refractivity contribution in [3.05, 3.63) is 35.1 Å². The number of hydrogen-bond acceptors (Lipinski definition) is 5. The first-order valence-corrected chi connectivity index (χ1v) is 10.3. The quantitative estimate of drug-likeness (QED) is 0.808. The summed E-state index contributed by atoms with van der Waals surface area (Å²) in [6.45, 7) is 13.5. The number of amides is 1. The van der Waals surface area contributed by atoms with Crippen molar-refractivity contribution in [2.24, 2.45) is 0 Å². The fraction of sp³-hybridized carbons (Fsp3) is 0.579. The second kappa shape index (κ2) is 8.79. The third-order valence-corrected chi connectivity index (χ3v) is 5.93. The van der Waals surface area contributed by atoms with Crippen LogP contribution in [0.1, 0.15) is 42.1 Å². The Morgan fingerprint density at radius 2 is 1.85 bits per heavy atom. The molecule has 1 aliphatic heterocycles. The van der Waals surface area contributed by atoms with E-state index in [4.69, 9.17) is 4.98 Å². The van der Waals surface area contributed by atoms with Crippen molar-refractivity contribution < 1.29 is 4.79 Å². The van der Waals surface area contributed by atoms with Gasteiger partial charge in [0.05, 0.1) is 5.69 Å². The van der Waals surface area contributed by atoms with E-state index in [2.05, 4.69) is 35.9 Å². The molecule has 1 amide bonds. The van der Waals surface area contributed by atoms with Crippen molar-refractivity contribution in [2.45, 2.75) is 26.7 Å². The number of nitrogens with zero attached hydrogens (tertiary/aromatic N) is 4. The summed E-state index contributed by atoms with van der Waals surface area (Å²) in [5, 5.41) is 3.94. The molecule has 0 bridgehead atoms. The van der Waals surface area contributed by atoms with E-state index in [1.807, 2.05) is 29.1 Å². The topological polar surface area (TPSA) is 53.4 Å². The normalized spacial score (nSPS) is 16.3. The van der Waals surface area contributed by atoms with E-state index in [0.717, 1.165) is 55.0 Å². The average molecular weight is 376 g/mol. The molecule has 2 aromatic rings. The van der Waals surface area contributed by atoms with Crippen LogP contribution in [0.15, 0.2) is 24.5 Å². The van der Waals surface area contributed by atoms with Crippen molar-refractivity contribution in [2.75, 3.05) is 45.8 Å². The van der Waals surface area contributed by atoms with Gasteiger partial charge in [0.25, 0.3) is 5.91 Å². The molecule has 0 radical (unpaired) electrons. The Morgan fingerprint density at radius 1 is 1.19 bits per heavy atom. The molecule has 3 rings (SSSR count). The maximum absolute atomic E-state index is 12.7. The predicted octanol–water partition coefficient (Wildman–Crippen LogP) is 2.42. The molecule has 7 heteroatoms. The van der Waals surface area contributed by atoms with Crippen LogP contribution in [-0.4, -0.2) is 71.1 Å². The molecule has 0 saturated carbocycles. The lowest BCUT2D eigenvalue weighted by Crippen LogP contribution is -2.48. The van der Waals surface area contributed by atoms with Crippen molar-refractivity contribution in [1.29, 1.82) is 0 Å². The molecule has 142 valence electrons. The number of rotatable bonds is 7. The van der Waals surface area contributed by atoms with Crippen molar-refractivity contribution in [1.82, 2.24) is 24.7 Å². The first kappa shape index (κ1) is 19.1. The van der Waals surface area contributed by atoms with Crippen LogP contribution in [0, 0.1) is 0 Å². The fourth-order valence-corrected chi connectivity index (χ4v) is 4.29. The molecule has 0 spiro atoms. The Kier molecular flexibility index (Phi) is 6.45. The van der Waals surface area contributed by atoms with Gasteiger partial charge in [-0.3, -0.25) is 9.69 Å². The number of hydrogen-bond donors (Lipinski definition) is 1. The largest absolute Gasteiger partial charge is 0.350 e. The van der Waals surface area contributed by atoms with Crippen LogP contribution in [-0.2, 0) is 0 Å². The third kappa shape index (κ3) is 4.52. The SMILES string of the molecule is CCN1CCN(CCNC(=O)c2sc(-n3cccc3)nc2C(C)C)CC1. The van der Waals surface area contributed by atoms with E-state index < -0.39 is 0 Å². The Balaban J connectivity index is 1.57. The van der Waals surface area contributed by atoms with E-state index in [-0.39, 0.29) is 11.8 Å². The standard InChI is InChI=1S/C19H29N5OS/c1-4-22-11-13-23(14-12-22)10-7-20-18(25)17-16(15(2)3)21-19(26-17)24-8-5-6-9-24/h5-6,8-9,15H,4,7,10-14H2,1-3H3,(H,20,25). The van der Waals surface area contributed by atoms with Gasteiger partial charge in [0, 0.05) is 51.7 Å². The average Bonchev–Trinajstić information content (AvgIpc) is 3.31. The first-order chi connectivity index (χ1) is 12.6. The Morgan fingerprint density at radius 3 is 2.46 bits per heavy atom. The number of piperazine rings is 1. The van der Waals surface area contributed by atoms with Crippen molar-refractivity contribution in [3.8, 4) is 5.13 Å². The number of nitrogens with one attached hydrogen (secondary N) is 1. The lowest BCUT2D eigenvalue weighted by atomic mass is 10.1. The van der Waals surface area contributed by atoms with Gasteiger partial charge in [-0.2, -0.15) is 0 Å². The lowest BCUT2D eigenvalue weighted by Gasteiger charge is -2.33. The minimum atomic E-state index is -0.00296. The van der Waals surface area contributed by atoms with Gasteiger partial charge >= 0.3 is 0 Å². The zero-order valence-corrected chi connectivity index (χ0v) is 16.8. The maximum atomic E-state index is 12.7. The molecule has 6 nitrogen and oxygen atoms in total. The molecule has 26 heavy (non-hydrogen) atoms. The molecule has 1 aliphatic rings. The number of likely N-dealkylation sites (N-methyl/N-ethyl adjacent to an activating group) is 1. The summed E-state index contributed by atoms with van der Waals surface area (Å²) in [6, 6.07) is 3.93. The zero-order chi connectivity index (χ0) is 18.5. The number of carbonyl (C=O) groups excluding carboxylic acids is 1. The second-order valence-corrected chi connectivity index (χ2v) is 7.97. The molecule has 1 saturated heterocycles. The van der Waals surface area contributed by atoms with Gasteiger partial charge in [-0.05, 0) is 24.6 Å². The zero-order valence-electron chi connectivity index (χ0n) is 15.9. The van der Waals surface area contributed by atoms with Crippen molar-refractivity contribution >= 4 is 17.2 Å². The van der Waals surface area contributed by atoms with Gasteiger partial charge in [-0.25, -0.2) is 4.98 Å². The van der Waals surface area contributed by atoms with Crippen LogP contribution in [0.2, 0.25) is 0 Å². The highest BCUT2D eigenvalue weighted by atomic mass is 32.1. The van der Waals surface area contributed by atoms with E-state index >= 15 is 0 Å². The van der Waals surface area contributed by atoms with Crippen LogP contribution in [0.25, 0.3) is 5.13 Å². The molecule has 0 aromatic carbocycles. The van der Waals surface area contributed by atoms with Crippen molar-refractivity contribution in [3.63, 3.8) is 0 Å². The Bertz CT molecular complexity index is 702. The minimum Gasteiger partial charge on any atom is -0.350 e. The highest BCUT2D eigenvalue weighted by Crippen LogP contribution is 2.27. The summed E-state index contributed by atoms with van der Waals surface area (Å²) >= 11 is 1.46. The number of carbonyl (C=O) groups is 1. The molecule has 0 atom stereocenters. The monoisotopic (exact) mass is 375 g/mol. The van der Waals surface area contributed by atoms with E-state index in [1.54, 1.807) is 0 Å². The lowest BCUT2D eigenvalue weighted by molar-refractivity contribution is 0.0940. The fourth-order valence-electron chi connectivity index (χ4n) is 3.18. The Hall–Kier alpha value is -1.70. The summed E-state index contributed by atoms with van der Waals surface area (Å²) in [4.78, 5) is 23.0. The van der Waals surface area contributed by atoms with Gasteiger partial charge in [0.15, 0.2) is 5.13 Å². The second-order valence-electron chi connectivity index (χ2n) is 6.99. The van der Waals surface area contributed by atoms with Crippen LogP contribution in [0.3, 0.4) is 0 Å². The Labute approximate surface area is 159 Å². The predicted molar refractivity (Wildman–Crippen MR) is 106 cm³/mol. The molecule has 1 fully saturated rings. The molecule has 1 N–H and O–H groups in total. The van der Waals surface area contributed by atoms with Gasteiger partial charge in [-0.15, -0.1) is 0 Å².